The van der Waals surface area contributed by atoms with Crippen molar-refractivity contribution in [3.8, 4) is 0 Å². The van der Waals surface area contributed by atoms with Crippen molar-refractivity contribution in [2.45, 2.75) is 45.1 Å². The predicted molar refractivity (Wildman–Crippen MR) is 71.8 cm³/mol. The van der Waals surface area contributed by atoms with Crippen LogP contribution in [0.4, 0.5) is 0 Å². The second-order valence-electron chi connectivity index (χ2n) is 5.24. The Morgan fingerprint density at radius 2 is 1.88 bits per heavy atom. The van der Waals surface area contributed by atoms with Gasteiger partial charge in [0.1, 0.15) is 0 Å². The van der Waals surface area contributed by atoms with Gasteiger partial charge in [-0.25, -0.2) is 0 Å². The van der Waals surface area contributed by atoms with Crippen molar-refractivity contribution < 1.29 is 0 Å². The van der Waals surface area contributed by atoms with Crippen molar-refractivity contribution in [3.63, 3.8) is 0 Å². The van der Waals surface area contributed by atoms with Gasteiger partial charge in [0, 0.05) is 18.4 Å². The first-order valence-corrected chi connectivity index (χ1v) is 6.92. The Bertz CT molecular complexity index is 315. The maximum atomic E-state index is 4.10. The molecule has 94 valence electrons. The molecular formula is C15H24N2. The van der Waals surface area contributed by atoms with Crippen LogP contribution in [-0.4, -0.2) is 12.0 Å². The minimum Gasteiger partial charge on any atom is -0.313 e. The van der Waals surface area contributed by atoms with E-state index in [4.69, 9.17) is 0 Å². The fraction of sp³-hybridized carbons (Fsp3) is 0.667. The number of hydrogen-bond acceptors (Lipinski definition) is 2. The molecule has 2 nitrogen and oxygen atoms in total. The van der Waals surface area contributed by atoms with E-state index in [2.05, 4.69) is 36.4 Å². The molecule has 1 aliphatic rings. The van der Waals surface area contributed by atoms with E-state index in [0.717, 1.165) is 11.8 Å². The normalized spacial score (nSPS) is 26.7. The van der Waals surface area contributed by atoms with E-state index in [-0.39, 0.29) is 0 Å². The van der Waals surface area contributed by atoms with Gasteiger partial charge >= 0.3 is 0 Å². The lowest BCUT2D eigenvalue weighted by Crippen LogP contribution is -2.28. The molecule has 1 aliphatic carbocycles. The van der Waals surface area contributed by atoms with Gasteiger partial charge in [0.15, 0.2) is 0 Å². The summed E-state index contributed by atoms with van der Waals surface area (Å²) in [5.41, 5.74) is 1.39. The number of nitrogens with zero attached hydrogens (tertiary/aromatic N) is 1. The first-order valence-electron chi connectivity index (χ1n) is 6.92. The molecule has 0 spiro atoms. The fourth-order valence-corrected chi connectivity index (χ4v) is 3.18. The van der Waals surface area contributed by atoms with Crippen molar-refractivity contribution in [2.24, 2.45) is 11.8 Å². The van der Waals surface area contributed by atoms with E-state index in [0.29, 0.717) is 6.04 Å². The number of hydrogen-bond donors (Lipinski definition) is 1. The highest BCUT2D eigenvalue weighted by atomic mass is 14.9. The smallest absolute Gasteiger partial charge is 0.0347 e. The molecule has 0 aliphatic heterocycles. The third-order valence-corrected chi connectivity index (χ3v) is 4.32. The highest BCUT2D eigenvalue weighted by Gasteiger charge is 2.26. The van der Waals surface area contributed by atoms with Crippen LogP contribution in [0.2, 0.25) is 0 Å². The highest BCUT2D eigenvalue weighted by Crippen LogP contribution is 2.37. The van der Waals surface area contributed by atoms with Crippen LogP contribution in [-0.2, 0) is 0 Å². The van der Waals surface area contributed by atoms with E-state index in [9.17, 15) is 0 Å². The minimum atomic E-state index is 0.510. The SMILES string of the molecule is CCC1CCC(C(NC)c2ccncc2)CC1. The maximum absolute atomic E-state index is 4.10. The van der Waals surface area contributed by atoms with Crippen molar-refractivity contribution in [1.29, 1.82) is 0 Å². The second kappa shape index (κ2) is 6.15. The van der Waals surface area contributed by atoms with Crippen molar-refractivity contribution in [1.82, 2.24) is 10.3 Å². The summed E-state index contributed by atoms with van der Waals surface area (Å²) < 4.78 is 0. The third kappa shape index (κ3) is 3.06. The summed E-state index contributed by atoms with van der Waals surface area (Å²) in [7, 11) is 2.08. The van der Waals surface area contributed by atoms with E-state index >= 15 is 0 Å². The van der Waals surface area contributed by atoms with Gasteiger partial charge in [0.05, 0.1) is 0 Å². The summed E-state index contributed by atoms with van der Waals surface area (Å²) in [6, 6.07) is 4.80. The Labute approximate surface area is 105 Å². The zero-order chi connectivity index (χ0) is 12.1. The second-order valence-corrected chi connectivity index (χ2v) is 5.24. The van der Waals surface area contributed by atoms with Crippen LogP contribution in [0.25, 0.3) is 0 Å². The first kappa shape index (κ1) is 12.6. The highest BCUT2D eigenvalue weighted by molar-refractivity contribution is 5.16. The molecule has 0 radical (unpaired) electrons. The third-order valence-electron chi connectivity index (χ3n) is 4.32. The van der Waals surface area contributed by atoms with Gasteiger partial charge in [-0.15, -0.1) is 0 Å². The molecule has 2 rings (SSSR count). The van der Waals surface area contributed by atoms with E-state index in [1.807, 2.05) is 12.4 Å². The maximum Gasteiger partial charge on any atom is 0.0347 e. The molecule has 1 heterocycles. The summed E-state index contributed by atoms with van der Waals surface area (Å²) in [6.45, 7) is 2.32. The number of rotatable bonds is 4. The van der Waals surface area contributed by atoms with E-state index in [1.165, 1.54) is 37.7 Å². The quantitative estimate of drug-likeness (QED) is 0.858. The summed E-state index contributed by atoms with van der Waals surface area (Å²) in [5.74, 6) is 1.77. The Morgan fingerprint density at radius 1 is 1.24 bits per heavy atom. The molecule has 1 saturated carbocycles. The van der Waals surface area contributed by atoms with Crippen molar-refractivity contribution >= 4 is 0 Å². The van der Waals surface area contributed by atoms with Crippen molar-refractivity contribution in [3.05, 3.63) is 30.1 Å². The van der Waals surface area contributed by atoms with Crippen LogP contribution in [0, 0.1) is 11.8 Å². The van der Waals surface area contributed by atoms with Gasteiger partial charge in [0.2, 0.25) is 0 Å². The molecule has 1 aromatic heterocycles. The molecule has 0 bridgehead atoms. The van der Waals surface area contributed by atoms with E-state index in [1.54, 1.807) is 0 Å². The summed E-state index contributed by atoms with van der Waals surface area (Å²) >= 11 is 0. The lowest BCUT2D eigenvalue weighted by atomic mass is 9.76. The number of pyridine rings is 1. The lowest BCUT2D eigenvalue weighted by Gasteiger charge is -2.33. The van der Waals surface area contributed by atoms with Crippen LogP contribution in [0.15, 0.2) is 24.5 Å². The van der Waals surface area contributed by atoms with Gasteiger partial charge in [-0.2, -0.15) is 0 Å². The molecule has 1 unspecified atom stereocenters. The van der Waals surface area contributed by atoms with Crippen LogP contribution < -0.4 is 5.32 Å². The molecule has 1 fully saturated rings. The molecule has 0 amide bonds. The number of aromatic nitrogens is 1. The summed E-state index contributed by atoms with van der Waals surface area (Å²) in [6.07, 6.45) is 10.7. The van der Waals surface area contributed by atoms with Crippen LogP contribution in [0.5, 0.6) is 0 Å². The van der Waals surface area contributed by atoms with E-state index < -0.39 is 0 Å². The summed E-state index contributed by atoms with van der Waals surface area (Å²) in [5, 5.41) is 3.49. The largest absolute Gasteiger partial charge is 0.313 e. The zero-order valence-corrected chi connectivity index (χ0v) is 11.0. The zero-order valence-electron chi connectivity index (χ0n) is 11.0. The summed E-state index contributed by atoms with van der Waals surface area (Å²) in [4.78, 5) is 4.10. The van der Waals surface area contributed by atoms with Crippen LogP contribution in [0.1, 0.15) is 50.6 Å². The Balaban J connectivity index is 2.00. The fourth-order valence-electron chi connectivity index (χ4n) is 3.18. The standard InChI is InChI=1S/C15H24N2/c1-3-12-4-6-13(7-5-12)15(16-2)14-8-10-17-11-9-14/h8-13,15-16H,3-7H2,1-2H3. The molecule has 0 aromatic carbocycles. The topological polar surface area (TPSA) is 24.9 Å². The molecular weight excluding hydrogens is 208 g/mol. The molecule has 1 atom stereocenters. The number of nitrogens with one attached hydrogen (secondary N) is 1. The van der Waals surface area contributed by atoms with Crippen LogP contribution >= 0.6 is 0 Å². The molecule has 1 N–H and O–H groups in total. The molecule has 2 heteroatoms. The average Bonchev–Trinajstić information content (AvgIpc) is 2.42. The van der Waals surface area contributed by atoms with Gasteiger partial charge in [-0.05, 0) is 49.4 Å². The average molecular weight is 232 g/mol. The van der Waals surface area contributed by atoms with Gasteiger partial charge < -0.3 is 5.32 Å². The van der Waals surface area contributed by atoms with Crippen LogP contribution in [0.3, 0.4) is 0 Å². The Hall–Kier alpha value is -0.890. The Kier molecular flexibility index (Phi) is 4.55. The van der Waals surface area contributed by atoms with Gasteiger partial charge in [-0.1, -0.05) is 26.2 Å². The first-order chi connectivity index (χ1) is 8.35. The molecule has 0 saturated heterocycles. The minimum absolute atomic E-state index is 0.510. The Morgan fingerprint density at radius 3 is 2.41 bits per heavy atom. The monoisotopic (exact) mass is 232 g/mol. The van der Waals surface area contributed by atoms with Gasteiger partial charge in [-0.3, -0.25) is 4.98 Å². The predicted octanol–water partition coefficient (Wildman–Crippen LogP) is 3.56. The van der Waals surface area contributed by atoms with Crippen molar-refractivity contribution in [2.75, 3.05) is 7.05 Å². The molecule has 17 heavy (non-hydrogen) atoms. The van der Waals surface area contributed by atoms with Gasteiger partial charge in [0.25, 0.3) is 0 Å². The lowest BCUT2D eigenvalue weighted by molar-refractivity contribution is 0.224. The molecule has 1 aromatic rings.